The molecular weight excluding hydrogens is 426 g/mol. The van der Waals surface area contributed by atoms with E-state index < -0.39 is 0 Å². The van der Waals surface area contributed by atoms with Crippen LogP contribution in [0.5, 0.6) is 11.5 Å². The molecule has 2 amide bonds. The van der Waals surface area contributed by atoms with Crippen LogP contribution in [0.25, 0.3) is 0 Å². The molecule has 0 spiro atoms. The van der Waals surface area contributed by atoms with Crippen LogP contribution in [-0.2, 0) is 0 Å². The first-order valence-electron chi connectivity index (χ1n) is 12.8. The zero-order chi connectivity index (χ0) is 23.2. The minimum absolute atomic E-state index is 0.145. The second kappa shape index (κ2) is 11.2. The Hall–Kier alpha value is -2.61. The Morgan fingerprint density at radius 1 is 0.853 bits per heavy atom. The highest BCUT2D eigenvalue weighted by Crippen LogP contribution is 2.30. The molecule has 0 aromatic heterocycles. The summed E-state index contributed by atoms with van der Waals surface area (Å²) >= 11 is 0. The molecule has 2 aromatic carbocycles. The monoisotopic (exact) mass is 463 g/mol. The van der Waals surface area contributed by atoms with E-state index >= 15 is 0 Å². The number of carbonyl (C=O) groups excluding carboxylic acids is 1. The molecule has 0 radical (unpaired) electrons. The first kappa shape index (κ1) is 23.1. The highest BCUT2D eigenvalue weighted by atomic mass is 16.5. The van der Waals surface area contributed by atoms with Gasteiger partial charge in [-0.15, -0.1) is 0 Å². The summed E-state index contributed by atoms with van der Waals surface area (Å²) in [4.78, 5) is 19.7. The topological polar surface area (TPSA) is 60.1 Å². The molecule has 0 unspecified atom stereocenters. The van der Waals surface area contributed by atoms with Crippen LogP contribution in [0.4, 0.5) is 10.5 Å². The van der Waals surface area contributed by atoms with Crippen LogP contribution in [0.2, 0.25) is 0 Å². The summed E-state index contributed by atoms with van der Waals surface area (Å²) in [6.07, 6.45) is 4.49. The van der Waals surface area contributed by atoms with Gasteiger partial charge < -0.3 is 20.3 Å². The Morgan fingerprint density at radius 3 is 2.29 bits per heavy atom. The highest BCUT2D eigenvalue weighted by Gasteiger charge is 2.36. The number of rotatable bonds is 8. The average molecular weight is 464 g/mol. The second-order valence-corrected chi connectivity index (χ2v) is 9.59. The Kier molecular flexibility index (Phi) is 7.63. The van der Waals surface area contributed by atoms with E-state index in [2.05, 4.69) is 20.4 Å². The van der Waals surface area contributed by atoms with Gasteiger partial charge >= 0.3 is 6.03 Å². The predicted octanol–water partition coefficient (Wildman–Crippen LogP) is 3.53. The zero-order valence-corrected chi connectivity index (χ0v) is 20.0. The van der Waals surface area contributed by atoms with Crippen molar-refractivity contribution in [1.29, 1.82) is 0 Å². The summed E-state index contributed by atoms with van der Waals surface area (Å²) in [5.41, 5.74) is 0.941. The van der Waals surface area contributed by atoms with Crippen molar-refractivity contribution in [2.75, 3.05) is 57.3 Å². The SMILES string of the molecule is O=C1N(c2ccc(Oc3ccccc3)cc2)CCN1C1CCC(NCCN2CCNCC2)CC1. The van der Waals surface area contributed by atoms with Gasteiger partial charge in [0.15, 0.2) is 0 Å². The molecule has 2 N–H and O–H groups in total. The molecule has 7 nitrogen and oxygen atoms in total. The van der Waals surface area contributed by atoms with Gasteiger partial charge in [0.05, 0.1) is 0 Å². The molecule has 3 fully saturated rings. The van der Waals surface area contributed by atoms with Gasteiger partial charge in [0.1, 0.15) is 11.5 Å². The maximum Gasteiger partial charge on any atom is 0.324 e. The van der Waals surface area contributed by atoms with Gasteiger partial charge in [-0.1, -0.05) is 18.2 Å². The summed E-state index contributed by atoms with van der Waals surface area (Å²) in [7, 11) is 0. The molecule has 0 bridgehead atoms. The fourth-order valence-corrected chi connectivity index (χ4v) is 5.40. The van der Waals surface area contributed by atoms with Crippen molar-refractivity contribution >= 4 is 11.7 Å². The number of para-hydroxylation sites is 1. The van der Waals surface area contributed by atoms with Crippen molar-refractivity contribution in [2.24, 2.45) is 0 Å². The summed E-state index contributed by atoms with van der Waals surface area (Å²) in [5, 5.41) is 7.17. The number of hydrogen-bond acceptors (Lipinski definition) is 5. The Bertz CT molecular complexity index is 908. The third-order valence-electron chi connectivity index (χ3n) is 7.38. The molecule has 2 heterocycles. The number of anilines is 1. The van der Waals surface area contributed by atoms with E-state index in [1.807, 2.05) is 59.5 Å². The lowest BCUT2D eigenvalue weighted by molar-refractivity contribution is 0.170. The molecular formula is C27H37N5O2. The molecule has 34 heavy (non-hydrogen) atoms. The summed E-state index contributed by atoms with van der Waals surface area (Å²) in [6, 6.07) is 18.7. The normalized spacial score (nSPS) is 23.9. The maximum atomic E-state index is 13.2. The van der Waals surface area contributed by atoms with Crippen molar-refractivity contribution in [3.63, 3.8) is 0 Å². The molecule has 5 rings (SSSR count). The van der Waals surface area contributed by atoms with Gasteiger partial charge in [-0.05, 0) is 62.1 Å². The van der Waals surface area contributed by atoms with Crippen LogP contribution in [0.15, 0.2) is 54.6 Å². The van der Waals surface area contributed by atoms with E-state index in [-0.39, 0.29) is 6.03 Å². The van der Waals surface area contributed by atoms with Gasteiger partial charge in [0, 0.05) is 70.1 Å². The lowest BCUT2D eigenvalue weighted by Gasteiger charge is -2.35. The van der Waals surface area contributed by atoms with Crippen molar-refractivity contribution in [3.05, 3.63) is 54.6 Å². The minimum atomic E-state index is 0.145. The van der Waals surface area contributed by atoms with Crippen LogP contribution in [0, 0.1) is 0 Å². The molecule has 0 atom stereocenters. The smallest absolute Gasteiger partial charge is 0.324 e. The summed E-state index contributed by atoms with van der Waals surface area (Å²) < 4.78 is 5.89. The first-order chi connectivity index (χ1) is 16.8. The summed E-state index contributed by atoms with van der Waals surface area (Å²) in [5.74, 6) is 1.59. The number of urea groups is 1. The van der Waals surface area contributed by atoms with Gasteiger partial charge in [0.25, 0.3) is 0 Å². The molecule has 7 heteroatoms. The van der Waals surface area contributed by atoms with Crippen molar-refractivity contribution in [1.82, 2.24) is 20.4 Å². The van der Waals surface area contributed by atoms with Gasteiger partial charge in [-0.3, -0.25) is 9.80 Å². The lowest BCUT2D eigenvalue weighted by atomic mass is 9.90. The van der Waals surface area contributed by atoms with E-state index in [0.29, 0.717) is 12.1 Å². The number of carbonyl (C=O) groups is 1. The van der Waals surface area contributed by atoms with Crippen molar-refractivity contribution < 1.29 is 9.53 Å². The van der Waals surface area contributed by atoms with E-state index in [0.717, 1.165) is 95.2 Å². The molecule has 2 aliphatic heterocycles. The van der Waals surface area contributed by atoms with Crippen LogP contribution < -0.4 is 20.3 Å². The third-order valence-corrected chi connectivity index (χ3v) is 7.38. The average Bonchev–Trinajstić information content (AvgIpc) is 3.27. The van der Waals surface area contributed by atoms with Gasteiger partial charge in [-0.25, -0.2) is 4.79 Å². The molecule has 3 aliphatic rings. The Balaban J connectivity index is 1.07. The molecule has 1 saturated carbocycles. The Labute approximate surface area is 203 Å². The third kappa shape index (κ3) is 5.71. The standard InChI is InChI=1S/C27H37N5O2/c33-27-31(23-8-6-22(7-9-23)29-16-19-30-17-14-28-15-18-30)20-21-32(27)24-10-12-26(13-11-24)34-25-4-2-1-3-5-25/h1-5,10-13,22-23,28-29H,6-9,14-21H2. The molecule has 182 valence electrons. The maximum absolute atomic E-state index is 13.2. The number of nitrogens with one attached hydrogen (secondary N) is 2. The molecule has 2 saturated heterocycles. The van der Waals surface area contributed by atoms with E-state index in [1.54, 1.807) is 0 Å². The molecule has 1 aliphatic carbocycles. The number of amides is 2. The lowest BCUT2D eigenvalue weighted by Crippen LogP contribution is -2.48. The fraction of sp³-hybridized carbons (Fsp3) is 0.519. The largest absolute Gasteiger partial charge is 0.457 e. The van der Waals surface area contributed by atoms with Crippen LogP contribution in [-0.4, -0.2) is 80.3 Å². The fourth-order valence-electron chi connectivity index (χ4n) is 5.40. The number of ether oxygens (including phenoxy) is 1. The number of piperazine rings is 1. The number of benzene rings is 2. The van der Waals surface area contributed by atoms with Gasteiger partial charge in [0.2, 0.25) is 0 Å². The van der Waals surface area contributed by atoms with Crippen LogP contribution in [0.3, 0.4) is 0 Å². The Morgan fingerprint density at radius 2 is 1.56 bits per heavy atom. The van der Waals surface area contributed by atoms with Crippen LogP contribution in [0.1, 0.15) is 25.7 Å². The van der Waals surface area contributed by atoms with E-state index in [1.165, 1.54) is 0 Å². The van der Waals surface area contributed by atoms with Crippen molar-refractivity contribution in [3.8, 4) is 11.5 Å². The number of hydrogen-bond donors (Lipinski definition) is 2. The quantitative estimate of drug-likeness (QED) is 0.627. The highest BCUT2D eigenvalue weighted by molar-refractivity contribution is 5.94. The molecule has 2 aromatic rings. The minimum Gasteiger partial charge on any atom is -0.457 e. The van der Waals surface area contributed by atoms with E-state index in [4.69, 9.17) is 4.74 Å². The van der Waals surface area contributed by atoms with Crippen LogP contribution >= 0.6 is 0 Å². The zero-order valence-electron chi connectivity index (χ0n) is 20.0. The second-order valence-electron chi connectivity index (χ2n) is 9.59. The first-order valence-corrected chi connectivity index (χ1v) is 12.8. The predicted molar refractivity (Wildman–Crippen MR) is 136 cm³/mol. The summed E-state index contributed by atoms with van der Waals surface area (Å²) in [6.45, 7) is 8.30. The van der Waals surface area contributed by atoms with Gasteiger partial charge in [-0.2, -0.15) is 0 Å². The van der Waals surface area contributed by atoms with E-state index in [9.17, 15) is 4.79 Å². The number of nitrogens with zero attached hydrogens (tertiary/aromatic N) is 3. The van der Waals surface area contributed by atoms with Crippen molar-refractivity contribution in [2.45, 2.75) is 37.8 Å².